The van der Waals surface area contributed by atoms with Gasteiger partial charge in [0.05, 0.1) is 18.8 Å². The molecule has 9 heteroatoms. The van der Waals surface area contributed by atoms with E-state index in [0.717, 1.165) is 4.80 Å². The fourth-order valence-corrected chi connectivity index (χ4v) is 2.55. The standard InChI is InChI=1S/C19H20FN5O3/c1-3-27-15-10-7-11-16(28-4-2)18(15)21-17(26)12-25-23-19(22-24-25)13-8-5-6-9-14(13)20/h5-11H,3-4,12H2,1-2H3,(H,21,26). The van der Waals surface area contributed by atoms with E-state index < -0.39 is 11.7 Å². The fraction of sp³-hybridized carbons (Fsp3) is 0.263. The molecule has 3 aromatic rings. The van der Waals surface area contributed by atoms with Crippen LogP contribution in [0.25, 0.3) is 11.4 Å². The molecule has 0 aliphatic carbocycles. The minimum Gasteiger partial charge on any atom is -0.492 e. The lowest BCUT2D eigenvalue weighted by Gasteiger charge is -2.15. The highest BCUT2D eigenvalue weighted by atomic mass is 19.1. The van der Waals surface area contributed by atoms with Gasteiger partial charge in [0.1, 0.15) is 29.5 Å². The zero-order chi connectivity index (χ0) is 19.9. The average Bonchev–Trinajstić information content (AvgIpc) is 3.13. The van der Waals surface area contributed by atoms with Gasteiger partial charge in [0.25, 0.3) is 0 Å². The van der Waals surface area contributed by atoms with E-state index in [4.69, 9.17) is 9.47 Å². The summed E-state index contributed by atoms with van der Waals surface area (Å²) in [5.74, 6) is 0.250. The van der Waals surface area contributed by atoms with Crippen molar-refractivity contribution in [2.24, 2.45) is 0 Å². The van der Waals surface area contributed by atoms with Gasteiger partial charge >= 0.3 is 0 Å². The van der Waals surface area contributed by atoms with E-state index in [1.54, 1.807) is 36.4 Å². The molecule has 0 bridgehead atoms. The molecule has 0 spiro atoms. The van der Waals surface area contributed by atoms with Crippen molar-refractivity contribution < 1.29 is 18.7 Å². The number of para-hydroxylation sites is 1. The number of carbonyl (C=O) groups excluding carboxylic acids is 1. The molecule has 8 nitrogen and oxygen atoms in total. The van der Waals surface area contributed by atoms with E-state index in [-0.39, 0.29) is 17.9 Å². The Morgan fingerprint density at radius 1 is 1.07 bits per heavy atom. The van der Waals surface area contributed by atoms with Crippen LogP contribution in [0, 0.1) is 5.82 Å². The smallest absolute Gasteiger partial charge is 0.248 e. The molecule has 1 heterocycles. The molecule has 1 N–H and O–H groups in total. The molecule has 0 aliphatic heterocycles. The molecule has 3 rings (SSSR count). The number of rotatable bonds is 8. The number of carbonyl (C=O) groups is 1. The van der Waals surface area contributed by atoms with Crippen molar-refractivity contribution >= 4 is 11.6 Å². The van der Waals surface area contributed by atoms with Crippen molar-refractivity contribution in [1.29, 1.82) is 0 Å². The number of aromatic nitrogens is 4. The summed E-state index contributed by atoms with van der Waals surface area (Å²) < 4.78 is 25.0. The van der Waals surface area contributed by atoms with Crippen molar-refractivity contribution in [2.45, 2.75) is 20.4 Å². The van der Waals surface area contributed by atoms with Gasteiger partial charge in [-0.15, -0.1) is 10.2 Å². The molecule has 0 saturated heterocycles. The van der Waals surface area contributed by atoms with E-state index in [9.17, 15) is 9.18 Å². The van der Waals surface area contributed by atoms with E-state index in [0.29, 0.717) is 30.4 Å². The van der Waals surface area contributed by atoms with Crippen LogP contribution < -0.4 is 14.8 Å². The molecule has 28 heavy (non-hydrogen) atoms. The fourth-order valence-electron chi connectivity index (χ4n) is 2.55. The Labute approximate surface area is 161 Å². The number of nitrogens with one attached hydrogen (secondary N) is 1. The Bertz CT molecular complexity index is 936. The van der Waals surface area contributed by atoms with Crippen molar-refractivity contribution in [3.63, 3.8) is 0 Å². The predicted octanol–water partition coefficient (Wildman–Crippen LogP) is 2.92. The zero-order valence-corrected chi connectivity index (χ0v) is 15.6. The van der Waals surface area contributed by atoms with E-state index in [1.165, 1.54) is 6.07 Å². The maximum absolute atomic E-state index is 13.8. The third-order valence-corrected chi connectivity index (χ3v) is 3.70. The number of hydrogen-bond acceptors (Lipinski definition) is 6. The van der Waals surface area contributed by atoms with Gasteiger partial charge in [-0.1, -0.05) is 18.2 Å². The van der Waals surface area contributed by atoms with Gasteiger partial charge in [0, 0.05) is 0 Å². The zero-order valence-electron chi connectivity index (χ0n) is 15.6. The number of hydrogen-bond donors (Lipinski definition) is 1. The summed E-state index contributed by atoms with van der Waals surface area (Å²) in [5, 5.41) is 14.5. The van der Waals surface area contributed by atoms with Gasteiger partial charge in [0.15, 0.2) is 0 Å². The second kappa shape index (κ2) is 8.94. The van der Waals surface area contributed by atoms with E-state index >= 15 is 0 Å². The predicted molar refractivity (Wildman–Crippen MR) is 101 cm³/mol. The number of halogens is 1. The topological polar surface area (TPSA) is 91.2 Å². The van der Waals surface area contributed by atoms with Crippen LogP contribution in [0.1, 0.15) is 13.8 Å². The first-order valence-corrected chi connectivity index (χ1v) is 8.83. The maximum atomic E-state index is 13.8. The molecular weight excluding hydrogens is 365 g/mol. The SMILES string of the molecule is CCOc1cccc(OCC)c1NC(=O)Cn1nnc(-c2ccccc2F)n1. The second-order valence-electron chi connectivity index (χ2n) is 5.67. The molecule has 0 aliphatic rings. The molecule has 0 atom stereocenters. The quantitative estimate of drug-likeness (QED) is 0.641. The Hall–Kier alpha value is -3.49. The summed E-state index contributed by atoms with van der Waals surface area (Å²) in [6.45, 7) is 4.38. The largest absolute Gasteiger partial charge is 0.492 e. The van der Waals surface area contributed by atoms with Crippen molar-refractivity contribution in [3.05, 3.63) is 48.3 Å². The lowest BCUT2D eigenvalue weighted by Crippen LogP contribution is -2.21. The van der Waals surface area contributed by atoms with Crippen LogP contribution in [0.2, 0.25) is 0 Å². The maximum Gasteiger partial charge on any atom is 0.248 e. The summed E-state index contributed by atoms with van der Waals surface area (Å²) in [5.41, 5.74) is 0.653. The number of amides is 1. The number of nitrogens with zero attached hydrogens (tertiary/aromatic N) is 4. The minimum absolute atomic E-state index is 0.107. The highest BCUT2D eigenvalue weighted by molar-refractivity contribution is 5.94. The Morgan fingerprint density at radius 3 is 2.39 bits per heavy atom. The van der Waals surface area contributed by atoms with Crippen molar-refractivity contribution in [1.82, 2.24) is 20.2 Å². The van der Waals surface area contributed by atoms with Crippen LogP contribution in [0.15, 0.2) is 42.5 Å². The number of benzene rings is 2. The second-order valence-corrected chi connectivity index (χ2v) is 5.67. The third kappa shape index (κ3) is 4.43. The van der Waals surface area contributed by atoms with Crippen molar-refractivity contribution in [2.75, 3.05) is 18.5 Å². The summed E-state index contributed by atoms with van der Waals surface area (Å²) in [6, 6.07) is 11.4. The highest BCUT2D eigenvalue weighted by Gasteiger charge is 2.16. The molecule has 146 valence electrons. The van der Waals surface area contributed by atoms with Crippen LogP contribution in [-0.2, 0) is 11.3 Å². The number of anilines is 1. The summed E-state index contributed by atoms with van der Waals surface area (Å²) >= 11 is 0. The van der Waals surface area contributed by atoms with Crippen LogP contribution in [0.5, 0.6) is 11.5 Å². The average molecular weight is 385 g/mol. The van der Waals surface area contributed by atoms with Crippen LogP contribution in [0.3, 0.4) is 0 Å². The monoisotopic (exact) mass is 385 g/mol. The number of ether oxygens (including phenoxy) is 2. The third-order valence-electron chi connectivity index (χ3n) is 3.70. The Kier molecular flexibility index (Phi) is 6.15. The molecule has 1 aromatic heterocycles. The Balaban J connectivity index is 1.76. The molecule has 2 aromatic carbocycles. The first-order chi connectivity index (χ1) is 13.6. The lowest BCUT2D eigenvalue weighted by atomic mass is 10.2. The highest BCUT2D eigenvalue weighted by Crippen LogP contribution is 2.34. The van der Waals surface area contributed by atoms with Gasteiger partial charge < -0.3 is 14.8 Å². The van der Waals surface area contributed by atoms with Gasteiger partial charge in [-0.25, -0.2) is 4.39 Å². The van der Waals surface area contributed by atoms with Gasteiger partial charge in [-0.05, 0) is 43.3 Å². The molecule has 0 saturated carbocycles. The number of tetrazole rings is 1. The molecule has 0 fully saturated rings. The van der Waals surface area contributed by atoms with Crippen LogP contribution in [0.4, 0.5) is 10.1 Å². The van der Waals surface area contributed by atoms with Crippen LogP contribution >= 0.6 is 0 Å². The Morgan fingerprint density at radius 2 is 1.75 bits per heavy atom. The molecule has 1 amide bonds. The molecule has 0 radical (unpaired) electrons. The summed E-state index contributed by atoms with van der Waals surface area (Å²) in [7, 11) is 0. The van der Waals surface area contributed by atoms with Gasteiger partial charge in [0.2, 0.25) is 11.7 Å². The first-order valence-electron chi connectivity index (χ1n) is 8.83. The minimum atomic E-state index is -0.460. The molecule has 0 unspecified atom stereocenters. The van der Waals surface area contributed by atoms with E-state index in [1.807, 2.05) is 13.8 Å². The van der Waals surface area contributed by atoms with E-state index in [2.05, 4.69) is 20.7 Å². The summed E-state index contributed by atoms with van der Waals surface area (Å²) in [6.07, 6.45) is 0. The lowest BCUT2D eigenvalue weighted by molar-refractivity contribution is -0.117. The normalized spacial score (nSPS) is 10.5. The van der Waals surface area contributed by atoms with Crippen LogP contribution in [-0.4, -0.2) is 39.3 Å². The van der Waals surface area contributed by atoms with Gasteiger partial charge in [-0.2, -0.15) is 4.80 Å². The molecular formula is C19H20FN5O3. The van der Waals surface area contributed by atoms with Gasteiger partial charge in [-0.3, -0.25) is 4.79 Å². The first kappa shape index (κ1) is 19.3. The summed E-state index contributed by atoms with van der Waals surface area (Å²) in [4.78, 5) is 13.6. The van der Waals surface area contributed by atoms with Crippen molar-refractivity contribution in [3.8, 4) is 22.9 Å².